The molecule has 0 N–H and O–H groups in total. The van der Waals surface area contributed by atoms with E-state index in [1.54, 1.807) is 0 Å². The molecule has 0 saturated carbocycles. The fraction of sp³-hybridized carbons (Fsp3) is 0.333. The van der Waals surface area contributed by atoms with Gasteiger partial charge >= 0.3 is 0 Å². The highest BCUT2D eigenvalue weighted by molar-refractivity contribution is 5.84. The Morgan fingerprint density at radius 2 is 2.00 bits per heavy atom. The van der Waals surface area contributed by atoms with E-state index in [2.05, 4.69) is 49.2 Å². The summed E-state index contributed by atoms with van der Waals surface area (Å²) in [6, 6.07) is 6.40. The Kier molecular flexibility index (Phi) is 2.20. The summed E-state index contributed by atoms with van der Waals surface area (Å²) in [4.78, 5) is 0. The van der Waals surface area contributed by atoms with E-state index in [0.717, 1.165) is 5.69 Å². The summed E-state index contributed by atoms with van der Waals surface area (Å²) in [6.45, 7) is 6.38. The minimum Gasteiger partial charge on any atom is -0.158 e. The second-order valence-electron chi connectivity index (χ2n) is 3.98. The van der Waals surface area contributed by atoms with Crippen LogP contribution in [0, 0.1) is 6.92 Å². The van der Waals surface area contributed by atoms with Gasteiger partial charge in [-0.3, -0.25) is 0 Å². The molecule has 2 heteroatoms. The van der Waals surface area contributed by atoms with Crippen LogP contribution in [0.15, 0.2) is 24.4 Å². The minimum absolute atomic E-state index is 0.425. The Balaban J connectivity index is 2.75. The van der Waals surface area contributed by atoms with Gasteiger partial charge in [0.15, 0.2) is 0 Å². The lowest BCUT2D eigenvalue weighted by molar-refractivity contribution is 0.799. The molecule has 0 aliphatic carbocycles. The monoisotopic (exact) mass is 186 g/mol. The quantitative estimate of drug-likeness (QED) is 0.684. The predicted molar refractivity (Wildman–Crippen MR) is 58.4 cm³/mol. The maximum absolute atomic E-state index is 4.19. The topological polar surface area (TPSA) is 25.8 Å². The molecule has 0 aliphatic heterocycles. The Morgan fingerprint density at radius 1 is 1.21 bits per heavy atom. The molecule has 0 atom stereocenters. The van der Waals surface area contributed by atoms with Crippen LogP contribution in [0.25, 0.3) is 10.8 Å². The summed E-state index contributed by atoms with van der Waals surface area (Å²) < 4.78 is 0. The van der Waals surface area contributed by atoms with Gasteiger partial charge in [0.1, 0.15) is 0 Å². The zero-order valence-corrected chi connectivity index (χ0v) is 8.78. The molecule has 0 unspecified atom stereocenters. The van der Waals surface area contributed by atoms with Crippen LogP contribution in [-0.4, -0.2) is 10.2 Å². The SMILES string of the molecule is Cc1ccc2c(C(C)C)nncc2c1. The largest absolute Gasteiger partial charge is 0.158 e. The van der Waals surface area contributed by atoms with Gasteiger partial charge in [-0.25, -0.2) is 0 Å². The van der Waals surface area contributed by atoms with Crippen molar-refractivity contribution in [2.75, 3.05) is 0 Å². The van der Waals surface area contributed by atoms with Gasteiger partial charge < -0.3 is 0 Å². The summed E-state index contributed by atoms with van der Waals surface area (Å²) in [5.74, 6) is 0.425. The molecule has 0 saturated heterocycles. The molecule has 1 aromatic heterocycles. The molecule has 0 amide bonds. The first-order valence-electron chi connectivity index (χ1n) is 4.90. The first kappa shape index (κ1) is 9.13. The van der Waals surface area contributed by atoms with Crippen LogP contribution >= 0.6 is 0 Å². The lowest BCUT2D eigenvalue weighted by atomic mass is 10.0. The van der Waals surface area contributed by atoms with Gasteiger partial charge in [-0.15, -0.1) is 0 Å². The van der Waals surface area contributed by atoms with Crippen LogP contribution < -0.4 is 0 Å². The van der Waals surface area contributed by atoms with Crippen LogP contribution in [0.2, 0.25) is 0 Å². The predicted octanol–water partition coefficient (Wildman–Crippen LogP) is 3.06. The van der Waals surface area contributed by atoms with E-state index in [0.29, 0.717) is 5.92 Å². The van der Waals surface area contributed by atoms with Gasteiger partial charge in [0, 0.05) is 10.8 Å². The highest BCUT2D eigenvalue weighted by Gasteiger charge is 2.06. The van der Waals surface area contributed by atoms with E-state index in [4.69, 9.17) is 0 Å². The normalized spacial score (nSPS) is 11.1. The van der Waals surface area contributed by atoms with Crippen LogP contribution in [0.4, 0.5) is 0 Å². The van der Waals surface area contributed by atoms with Gasteiger partial charge in [0.2, 0.25) is 0 Å². The molecule has 14 heavy (non-hydrogen) atoms. The second kappa shape index (κ2) is 3.37. The van der Waals surface area contributed by atoms with E-state index in [1.165, 1.54) is 16.3 Å². The Hall–Kier alpha value is -1.44. The number of aryl methyl sites for hydroxylation is 1. The zero-order valence-electron chi connectivity index (χ0n) is 8.78. The fourth-order valence-corrected chi connectivity index (χ4v) is 1.66. The Morgan fingerprint density at radius 3 is 2.71 bits per heavy atom. The molecule has 0 spiro atoms. The van der Waals surface area contributed by atoms with Crippen LogP contribution in [0.3, 0.4) is 0 Å². The Labute approximate surface area is 84.0 Å². The molecule has 1 heterocycles. The molecular weight excluding hydrogens is 172 g/mol. The van der Waals surface area contributed by atoms with Gasteiger partial charge in [-0.1, -0.05) is 31.5 Å². The van der Waals surface area contributed by atoms with Gasteiger partial charge in [-0.2, -0.15) is 10.2 Å². The average Bonchev–Trinajstić information content (AvgIpc) is 2.16. The molecule has 0 fully saturated rings. The van der Waals surface area contributed by atoms with Crippen LogP contribution in [0.1, 0.15) is 31.0 Å². The lowest BCUT2D eigenvalue weighted by Gasteiger charge is -2.07. The number of aromatic nitrogens is 2. The number of benzene rings is 1. The van der Waals surface area contributed by atoms with Gasteiger partial charge in [-0.05, 0) is 18.9 Å². The summed E-state index contributed by atoms with van der Waals surface area (Å²) in [6.07, 6.45) is 1.83. The summed E-state index contributed by atoms with van der Waals surface area (Å²) in [5, 5.41) is 10.6. The molecule has 2 aromatic rings. The zero-order chi connectivity index (χ0) is 10.1. The highest BCUT2D eigenvalue weighted by atomic mass is 15.1. The fourth-order valence-electron chi connectivity index (χ4n) is 1.66. The lowest BCUT2D eigenvalue weighted by Crippen LogP contribution is -1.96. The molecule has 1 aromatic carbocycles. The molecule has 0 aliphatic rings. The standard InChI is InChI=1S/C12H14N2/c1-8(2)12-11-5-4-9(3)6-10(11)7-13-14-12/h4-8H,1-3H3. The number of nitrogens with zero attached hydrogens (tertiary/aromatic N) is 2. The number of fused-ring (bicyclic) bond motifs is 1. The summed E-state index contributed by atoms with van der Waals surface area (Å²) >= 11 is 0. The van der Waals surface area contributed by atoms with Crippen molar-refractivity contribution in [3.63, 3.8) is 0 Å². The Bertz CT molecular complexity index is 461. The van der Waals surface area contributed by atoms with Crippen molar-refractivity contribution in [1.82, 2.24) is 10.2 Å². The third-order valence-corrected chi connectivity index (χ3v) is 2.39. The molecule has 2 nitrogen and oxygen atoms in total. The number of rotatable bonds is 1. The maximum Gasteiger partial charge on any atom is 0.0734 e. The van der Waals surface area contributed by atoms with E-state index in [1.807, 2.05) is 6.20 Å². The highest BCUT2D eigenvalue weighted by Crippen LogP contribution is 2.22. The second-order valence-corrected chi connectivity index (χ2v) is 3.98. The molecular formula is C12H14N2. The van der Waals surface area contributed by atoms with Crippen LogP contribution in [-0.2, 0) is 0 Å². The van der Waals surface area contributed by atoms with E-state index in [9.17, 15) is 0 Å². The third-order valence-electron chi connectivity index (χ3n) is 2.39. The first-order valence-corrected chi connectivity index (χ1v) is 4.90. The van der Waals surface area contributed by atoms with E-state index >= 15 is 0 Å². The minimum atomic E-state index is 0.425. The first-order chi connectivity index (χ1) is 6.68. The van der Waals surface area contributed by atoms with Crippen molar-refractivity contribution in [3.05, 3.63) is 35.7 Å². The summed E-state index contributed by atoms with van der Waals surface area (Å²) in [5.41, 5.74) is 2.35. The summed E-state index contributed by atoms with van der Waals surface area (Å²) in [7, 11) is 0. The van der Waals surface area contributed by atoms with E-state index < -0.39 is 0 Å². The maximum atomic E-state index is 4.19. The average molecular weight is 186 g/mol. The van der Waals surface area contributed by atoms with E-state index in [-0.39, 0.29) is 0 Å². The number of hydrogen-bond donors (Lipinski definition) is 0. The van der Waals surface area contributed by atoms with Crippen molar-refractivity contribution in [2.45, 2.75) is 26.7 Å². The van der Waals surface area contributed by atoms with Crippen molar-refractivity contribution in [1.29, 1.82) is 0 Å². The van der Waals surface area contributed by atoms with Crippen molar-refractivity contribution in [2.24, 2.45) is 0 Å². The van der Waals surface area contributed by atoms with Gasteiger partial charge in [0.25, 0.3) is 0 Å². The van der Waals surface area contributed by atoms with Crippen LogP contribution in [0.5, 0.6) is 0 Å². The van der Waals surface area contributed by atoms with Gasteiger partial charge in [0.05, 0.1) is 11.9 Å². The molecule has 72 valence electrons. The smallest absolute Gasteiger partial charge is 0.0734 e. The number of hydrogen-bond acceptors (Lipinski definition) is 2. The van der Waals surface area contributed by atoms with Crippen molar-refractivity contribution in [3.8, 4) is 0 Å². The third kappa shape index (κ3) is 1.48. The molecule has 0 bridgehead atoms. The molecule has 0 radical (unpaired) electrons. The van der Waals surface area contributed by atoms with Crippen molar-refractivity contribution < 1.29 is 0 Å². The molecule has 2 rings (SSSR count). The van der Waals surface area contributed by atoms with Crippen molar-refractivity contribution >= 4 is 10.8 Å².